The van der Waals surface area contributed by atoms with Gasteiger partial charge in [-0.3, -0.25) is 14.8 Å². The second-order valence-corrected chi connectivity index (χ2v) is 11.2. The Labute approximate surface area is 228 Å². The molecule has 1 saturated carbocycles. The third kappa shape index (κ3) is 5.45. The first kappa shape index (κ1) is 26.0. The summed E-state index contributed by atoms with van der Waals surface area (Å²) in [7, 11) is 3.32. The number of amides is 1. The Morgan fingerprint density at radius 3 is 2.61 bits per heavy atom. The summed E-state index contributed by atoms with van der Waals surface area (Å²) < 4.78 is 19.6. The zero-order valence-corrected chi connectivity index (χ0v) is 22.9. The van der Waals surface area contributed by atoms with E-state index in [0.29, 0.717) is 18.0 Å². The molecule has 196 valence electrons. The van der Waals surface area contributed by atoms with Crippen LogP contribution in [0.3, 0.4) is 0 Å². The number of hydrogen-bond acceptors (Lipinski definition) is 8. The average molecular weight is 550 g/mol. The van der Waals surface area contributed by atoms with E-state index in [1.54, 1.807) is 47.7 Å². The minimum Gasteiger partial charge on any atom is -0.463 e. The predicted molar refractivity (Wildman–Crippen MR) is 148 cm³/mol. The number of carbonyl (C=O) groups is 2. The van der Waals surface area contributed by atoms with Crippen molar-refractivity contribution in [2.75, 3.05) is 25.6 Å². The summed E-state index contributed by atoms with van der Waals surface area (Å²) in [6, 6.07) is 13.7. The maximum atomic E-state index is 12.6. The van der Waals surface area contributed by atoms with Crippen molar-refractivity contribution in [3.05, 3.63) is 69.5 Å². The maximum absolute atomic E-state index is 12.6. The summed E-state index contributed by atoms with van der Waals surface area (Å²) >= 11 is 3.19. The molecular formula is C28H27N3O5S2. The van der Waals surface area contributed by atoms with Gasteiger partial charge in [-0.15, -0.1) is 22.7 Å². The van der Waals surface area contributed by atoms with Gasteiger partial charge in [0.05, 0.1) is 23.2 Å². The maximum Gasteiger partial charge on any atom is 0.413 e. The highest BCUT2D eigenvalue weighted by molar-refractivity contribution is 7.28. The number of benzene rings is 1. The fraction of sp³-hybridized carbons (Fsp3) is 0.321. The van der Waals surface area contributed by atoms with Crippen LogP contribution in [-0.2, 0) is 31.5 Å². The standard InChI is InChI=1S/C28H27N3O5S2/c1-18(19-7-5-4-6-8-19)36-27(33)30-25-20(17-29-31(25)2)9-10-21-15-22-23(37-21)16-24(38-22)28(11-12-28)26(32)35-14-13-34-3/h4-8,15-18H,11-14H2,1-3H3,(H,30,33). The Morgan fingerprint density at radius 2 is 1.89 bits per heavy atom. The number of anilines is 1. The number of hydrogen-bond donors (Lipinski definition) is 1. The number of fused-ring (bicyclic) bond motifs is 1. The van der Waals surface area contributed by atoms with Crippen molar-refractivity contribution in [2.24, 2.45) is 7.05 Å². The minimum atomic E-state index is -0.577. The van der Waals surface area contributed by atoms with E-state index in [9.17, 15) is 9.59 Å². The normalized spacial score (nSPS) is 14.4. The molecule has 3 heterocycles. The van der Waals surface area contributed by atoms with E-state index < -0.39 is 17.6 Å². The SMILES string of the molecule is COCCOC(=O)C1(c2cc3sc(C#Cc4cnn(C)c4NC(=O)OC(C)c4ccccc4)cc3s2)CC1. The molecule has 38 heavy (non-hydrogen) atoms. The Morgan fingerprint density at radius 1 is 1.13 bits per heavy atom. The fourth-order valence-electron chi connectivity index (χ4n) is 4.05. The van der Waals surface area contributed by atoms with Crippen molar-refractivity contribution >= 4 is 50.0 Å². The first-order valence-electron chi connectivity index (χ1n) is 12.2. The quantitative estimate of drug-likeness (QED) is 0.174. The summed E-state index contributed by atoms with van der Waals surface area (Å²) in [5.41, 5.74) is 0.986. The van der Waals surface area contributed by atoms with Crippen LogP contribution in [0.5, 0.6) is 0 Å². The van der Waals surface area contributed by atoms with Crippen LogP contribution in [0.2, 0.25) is 0 Å². The molecule has 1 aromatic carbocycles. The number of nitrogens with zero attached hydrogens (tertiary/aromatic N) is 2. The van der Waals surface area contributed by atoms with E-state index in [1.165, 1.54) is 0 Å². The first-order chi connectivity index (χ1) is 18.4. The average Bonchev–Trinajstić information content (AvgIpc) is 3.34. The Kier molecular flexibility index (Phi) is 7.51. The van der Waals surface area contributed by atoms with Crippen molar-refractivity contribution in [2.45, 2.75) is 31.3 Å². The molecule has 1 aliphatic rings. The van der Waals surface area contributed by atoms with Gasteiger partial charge >= 0.3 is 12.1 Å². The molecule has 3 aromatic heterocycles. The lowest BCUT2D eigenvalue weighted by Crippen LogP contribution is -2.23. The van der Waals surface area contributed by atoms with Crippen LogP contribution < -0.4 is 5.32 Å². The lowest BCUT2D eigenvalue weighted by atomic mass is 10.1. The molecule has 0 spiro atoms. The van der Waals surface area contributed by atoms with Gasteiger partial charge < -0.3 is 14.2 Å². The van der Waals surface area contributed by atoms with Gasteiger partial charge in [-0.25, -0.2) is 4.79 Å². The molecule has 8 nitrogen and oxygen atoms in total. The molecule has 0 aliphatic heterocycles. The van der Waals surface area contributed by atoms with Crippen molar-refractivity contribution in [3.63, 3.8) is 0 Å². The van der Waals surface area contributed by atoms with Crippen LogP contribution in [-0.4, -0.2) is 42.2 Å². The van der Waals surface area contributed by atoms with Crippen LogP contribution in [0.1, 0.15) is 46.8 Å². The highest BCUT2D eigenvalue weighted by Crippen LogP contribution is 2.53. The Bertz CT molecular complexity index is 1490. The number of rotatable bonds is 8. The van der Waals surface area contributed by atoms with Crippen molar-refractivity contribution < 1.29 is 23.8 Å². The number of nitrogens with one attached hydrogen (secondary N) is 1. The highest BCUT2D eigenvalue weighted by atomic mass is 32.1. The van der Waals surface area contributed by atoms with Crippen LogP contribution in [0.15, 0.2) is 48.7 Å². The third-order valence-electron chi connectivity index (χ3n) is 6.37. The highest BCUT2D eigenvalue weighted by Gasteiger charge is 2.54. The molecule has 10 heteroatoms. The van der Waals surface area contributed by atoms with Gasteiger partial charge in [0.25, 0.3) is 0 Å². The number of thiophene rings is 2. The lowest BCUT2D eigenvalue weighted by Gasteiger charge is -2.14. The van der Waals surface area contributed by atoms with Crippen LogP contribution in [0.4, 0.5) is 10.6 Å². The molecular weight excluding hydrogens is 522 g/mol. The summed E-state index contributed by atoms with van der Waals surface area (Å²) in [6.07, 6.45) is 2.26. The summed E-state index contributed by atoms with van der Waals surface area (Å²) in [6.45, 7) is 2.49. The fourth-order valence-corrected chi connectivity index (χ4v) is 6.53. The molecule has 0 bridgehead atoms. The number of methoxy groups -OCH3 is 1. The topological polar surface area (TPSA) is 91.7 Å². The van der Waals surface area contributed by atoms with E-state index in [-0.39, 0.29) is 12.6 Å². The van der Waals surface area contributed by atoms with Gasteiger partial charge in [-0.05, 0) is 37.5 Å². The molecule has 1 atom stereocenters. The monoisotopic (exact) mass is 549 g/mol. The molecule has 1 fully saturated rings. The van der Waals surface area contributed by atoms with Gasteiger partial charge in [0.1, 0.15) is 23.9 Å². The molecule has 1 N–H and O–H groups in total. The van der Waals surface area contributed by atoms with E-state index >= 15 is 0 Å². The second kappa shape index (κ2) is 11.0. The van der Waals surface area contributed by atoms with E-state index in [2.05, 4.69) is 28.3 Å². The second-order valence-electron chi connectivity index (χ2n) is 9.02. The molecule has 1 amide bonds. The summed E-state index contributed by atoms with van der Waals surface area (Å²) in [5.74, 6) is 6.60. The van der Waals surface area contributed by atoms with Gasteiger partial charge in [0.15, 0.2) is 0 Å². The number of esters is 1. The van der Waals surface area contributed by atoms with Gasteiger partial charge in [0.2, 0.25) is 0 Å². The van der Waals surface area contributed by atoms with Crippen molar-refractivity contribution in [3.8, 4) is 11.8 Å². The number of aryl methyl sites for hydroxylation is 1. The summed E-state index contributed by atoms with van der Waals surface area (Å²) in [4.78, 5) is 27.1. The Balaban J connectivity index is 1.26. The smallest absolute Gasteiger partial charge is 0.413 e. The summed E-state index contributed by atoms with van der Waals surface area (Å²) in [5, 5.41) is 7.01. The lowest BCUT2D eigenvalue weighted by molar-refractivity contribution is -0.147. The molecule has 5 rings (SSSR count). The molecule has 1 unspecified atom stereocenters. The Hall–Kier alpha value is -3.65. The number of carbonyl (C=O) groups excluding carboxylic acids is 2. The van der Waals surface area contributed by atoms with Crippen molar-refractivity contribution in [1.82, 2.24) is 9.78 Å². The zero-order chi connectivity index (χ0) is 26.7. The van der Waals surface area contributed by atoms with E-state index in [1.807, 2.05) is 43.3 Å². The van der Waals surface area contributed by atoms with Crippen LogP contribution in [0.25, 0.3) is 9.40 Å². The number of aromatic nitrogens is 2. The van der Waals surface area contributed by atoms with Crippen LogP contribution >= 0.6 is 22.7 Å². The van der Waals surface area contributed by atoms with E-state index in [0.717, 1.165) is 37.6 Å². The van der Waals surface area contributed by atoms with Crippen LogP contribution in [0, 0.1) is 11.8 Å². The first-order valence-corrected chi connectivity index (χ1v) is 13.8. The molecule has 1 aliphatic carbocycles. The molecule has 4 aromatic rings. The predicted octanol–water partition coefficient (Wildman–Crippen LogP) is 5.63. The molecule has 0 saturated heterocycles. The zero-order valence-electron chi connectivity index (χ0n) is 21.3. The molecule has 0 radical (unpaired) electrons. The van der Waals surface area contributed by atoms with Crippen molar-refractivity contribution in [1.29, 1.82) is 0 Å². The van der Waals surface area contributed by atoms with Gasteiger partial charge in [-0.2, -0.15) is 5.10 Å². The minimum absolute atomic E-state index is 0.170. The third-order valence-corrected chi connectivity index (χ3v) is 8.79. The number of ether oxygens (including phenoxy) is 3. The van der Waals surface area contributed by atoms with Gasteiger partial charge in [0, 0.05) is 28.4 Å². The largest absolute Gasteiger partial charge is 0.463 e. The van der Waals surface area contributed by atoms with Gasteiger partial charge in [-0.1, -0.05) is 42.2 Å². The van der Waals surface area contributed by atoms with E-state index in [4.69, 9.17) is 14.2 Å².